The number of nitrogens with zero attached hydrogens (tertiary/aromatic N) is 3. The van der Waals surface area contributed by atoms with Gasteiger partial charge in [0.2, 0.25) is 12.2 Å². The largest absolute Gasteiger partial charge is 0.396 e. The van der Waals surface area contributed by atoms with E-state index in [4.69, 9.17) is 14.5 Å². The molecular weight excluding hydrogens is 413 g/mol. The molecule has 3 aromatic rings. The predicted molar refractivity (Wildman–Crippen MR) is 116 cm³/mol. The van der Waals surface area contributed by atoms with Crippen LogP contribution >= 0.6 is 0 Å². The Morgan fingerprint density at radius 2 is 1.91 bits per heavy atom. The van der Waals surface area contributed by atoms with Crippen molar-refractivity contribution in [3.8, 4) is 22.6 Å². The number of aromatic amines is 1. The second kappa shape index (κ2) is 8.57. The van der Waals surface area contributed by atoms with Gasteiger partial charge in [-0.15, -0.1) is 0 Å². The van der Waals surface area contributed by atoms with E-state index in [-0.39, 0.29) is 12.4 Å². The van der Waals surface area contributed by atoms with E-state index in [2.05, 4.69) is 20.3 Å². The van der Waals surface area contributed by atoms with Crippen LogP contribution in [0.15, 0.2) is 36.5 Å². The SMILES string of the molecule is CC1(CO)COC(c2nc(-c3ccc(F)cc3)c(-c3ccnc(NCC4CC4)n3)[nH]2)OC1. The van der Waals surface area contributed by atoms with Crippen LogP contribution in [0.1, 0.15) is 31.9 Å². The van der Waals surface area contributed by atoms with Gasteiger partial charge in [-0.3, -0.25) is 0 Å². The fraction of sp³-hybridized carbons (Fsp3) is 0.435. The summed E-state index contributed by atoms with van der Waals surface area (Å²) in [5.74, 6) is 1.42. The third-order valence-corrected chi connectivity index (χ3v) is 5.77. The molecule has 0 spiro atoms. The Kier molecular flexibility index (Phi) is 5.62. The number of aliphatic hydroxyl groups excluding tert-OH is 1. The van der Waals surface area contributed by atoms with Crippen molar-refractivity contribution in [3.63, 3.8) is 0 Å². The summed E-state index contributed by atoms with van der Waals surface area (Å²) < 4.78 is 25.2. The summed E-state index contributed by atoms with van der Waals surface area (Å²) in [6, 6.07) is 7.96. The molecule has 2 fully saturated rings. The van der Waals surface area contributed by atoms with Crippen LogP contribution in [-0.4, -0.2) is 51.4 Å². The molecule has 1 aromatic carbocycles. The number of H-pyrrole nitrogens is 1. The maximum absolute atomic E-state index is 13.5. The monoisotopic (exact) mass is 439 g/mol. The Bertz CT molecular complexity index is 1080. The molecule has 3 heterocycles. The van der Waals surface area contributed by atoms with Crippen molar-refractivity contribution in [1.82, 2.24) is 19.9 Å². The van der Waals surface area contributed by atoms with E-state index in [1.165, 1.54) is 25.0 Å². The summed E-state index contributed by atoms with van der Waals surface area (Å²) in [6.07, 6.45) is 3.48. The van der Waals surface area contributed by atoms with Crippen molar-refractivity contribution < 1.29 is 19.0 Å². The highest BCUT2D eigenvalue weighted by Gasteiger charge is 2.34. The number of nitrogens with one attached hydrogen (secondary N) is 2. The number of hydrogen-bond acceptors (Lipinski definition) is 7. The molecule has 0 unspecified atom stereocenters. The quantitative estimate of drug-likeness (QED) is 0.517. The molecule has 1 saturated carbocycles. The molecule has 1 aliphatic heterocycles. The zero-order valence-electron chi connectivity index (χ0n) is 17.8. The predicted octanol–water partition coefficient (Wildman–Crippen LogP) is 3.54. The van der Waals surface area contributed by atoms with Gasteiger partial charge in [0.05, 0.1) is 36.9 Å². The number of halogens is 1. The zero-order chi connectivity index (χ0) is 22.1. The normalized spacial score (nSPS) is 23.3. The highest BCUT2D eigenvalue weighted by Crippen LogP contribution is 2.35. The lowest BCUT2D eigenvalue weighted by Gasteiger charge is -2.35. The van der Waals surface area contributed by atoms with Gasteiger partial charge >= 0.3 is 0 Å². The molecule has 0 bridgehead atoms. The number of ether oxygens (including phenoxy) is 2. The molecule has 2 aromatic heterocycles. The van der Waals surface area contributed by atoms with Gasteiger partial charge in [-0.2, -0.15) is 0 Å². The number of hydrogen-bond donors (Lipinski definition) is 3. The van der Waals surface area contributed by atoms with Crippen molar-refractivity contribution in [3.05, 3.63) is 48.2 Å². The van der Waals surface area contributed by atoms with Crippen LogP contribution in [0.25, 0.3) is 22.6 Å². The minimum Gasteiger partial charge on any atom is -0.396 e. The minimum atomic E-state index is -0.697. The zero-order valence-corrected chi connectivity index (χ0v) is 17.8. The van der Waals surface area contributed by atoms with Gasteiger partial charge in [0.25, 0.3) is 0 Å². The Hall–Kier alpha value is -2.88. The van der Waals surface area contributed by atoms with Gasteiger partial charge in [0.15, 0.2) is 5.82 Å². The summed E-state index contributed by atoms with van der Waals surface area (Å²) in [6.45, 7) is 3.42. The van der Waals surface area contributed by atoms with Crippen LogP contribution in [-0.2, 0) is 9.47 Å². The lowest BCUT2D eigenvalue weighted by Crippen LogP contribution is -2.39. The maximum atomic E-state index is 13.5. The molecule has 168 valence electrons. The van der Waals surface area contributed by atoms with E-state index < -0.39 is 11.7 Å². The van der Waals surface area contributed by atoms with Crippen LogP contribution in [0.5, 0.6) is 0 Å². The second-order valence-electron chi connectivity index (χ2n) is 8.87. The molecule has 5 rings (SSSR count). The molecule has 9 heteroatoms. The first-order valence-corrected chi connectivity index (χ1v) is 10.8. The second-order valence-corrected chi connectivity index (χ2v) is 8.87. The summed E-state index contributed by atoms with van der Waals surface area (Å²) in [5, 5.41) is 12.8. The third kappa shape index (κ3) is 4.50. The number of anilines is 1. The van der Waals surface area contributed by atoms with E-state index in [9.17, 15) is 9.50 Å². The number of imidazole rings is 1. The van der Waals surface area contributed by atoms with E-state index in [0.717, 1.165) is 12.1 Å². The first kappa shape index (κ1) is 21.0. The molecular formula is C23H26FN5O3. The van der Waals surface area contributed by atoms with Crippen molar-refractivity contribution in [2.45, 2.75) is 26.1 Å². The Balaban J connectivity index is 1.48. The number of aliphatic hydroxyl groups is 1. The molecule has 2 aliphatic rings. The van der Waals surface area contributed by atoms with E-state index in [1.54, 1.807) is 24.4 Å². The summed E-state index contributed by atoms with van der Waals surface area (Å²) in [5.41, 5.74) is 2.25. The van der Waals surface area contributed by atoms with Crippen LogP contribution in [0.3, 0.4) is 0 Å². The first-order valence-electron chi connectivity index (χ1n) is 10.8. The molecule has 32 heavy (non-hydrogen) atoms. The number of benzene rings is 1. The fourth-order valence-corrected chi connectivity index (χ4v) is 3.54. The Labute approximate surface area is 185 Å². The fourth-order valence-electron chi connectivity index (χ4n) is 3.54. The van der Waals surface area contributed by atoms with E-state index in [0.29, 0.717) is 48.0 Å². The molecule has 1 saturated heterocycles. The van der Waals surface area contributed by atoms with Gasteiger partial charge in [-0.25, -0.2) is 19.3 Å². The highest BCUT2D eigenvalue weighted by atomic mass is 19.1. The molecule has 3 N–H and O–H groups in total. The van der Waals surface area contributed by atoms with Gasteiger partial charge in [0.1, 0.15) is 5.82 Å². The van der Waals surface area contributed by atoms with Crippen LogP contribution in [0.4, 0.5) is 10.3 Å². The average molecular weight is 439 g/mol. The molecule has 8 nitrogen and oxygen atoms in total. The van der Waals surface area contributed by atoms with E-state index in [1.807, 2.05) is 6.92 Å². The molecule has 1 aliphatic carbocycles. The number of aromatic nitrogens is 4. The highest BCUT2D eigenvalue weighted by molar-refractivity contribution is 5.77. The maximum Gasteiger partial charge on any atom is 0.223 e. The van der Waals surface area contributed by atoms with Crippen LogP contribution < -0.4 is 5.32 Å². The van der Waals surface area contributed by atoms with Gasteiger partial charge in [-0.05, 0) is 49.1 Å². The first-order chi connectivity index (χ1) is 15.5. The average Bonchev–Trinajstić information content (AvgIpc) is 3.55. The van der Waals surface area contributed by atoms with Crippen molar-refractivity contribution in [2.24, 2.45) is 11.3 Å². The Morgan fingerprint density at radius 3 is 2.59 bits per heavy atom. The molecule has 0 atom stereocenters. The van der Waals surface area contributed by atoms with Crippen molar-refractivity contribution in [1.29, 1.82) is 0 Å². The van der Waals surface area contributed by atoms with Gasteiger partial charge < -0.3 is 24.9 Å². The summed E-state index contributed by atoms with van der Waals surface area (Å²) >= 11 is 0. The minimum absolute atomic E-state index is 0.0263. The summed E-state index contributed by atoms with van der Waals surface area (Å²) in [4.78, 5) is 17.0. The van der Waals surface area contributed by atoms with Crippen molar-refractivity contribution >= 4 is 5.95 Å². The van der Waals surface area contributed by atoms with E-state index >= 15 is 0 Å². The standard InChI is InChI=1S/C23H26FN5O3/c1-23(11-30)12-31-21(32-13-23)20-28-18(15-4-6-16(24)7-5-15)19(29-20)17-8-9-25-22(27-17)26-10-14-2-3-14/h4-9,14,21,30H,2-3,10-13H2,1H3,(H,28,29)(H,25,26,27). The summed E-state index contributed by atoms with van der Waals surface area (Å²) in [7, 11) is 0. The smallest absolute Gasteiger partial charge is 0.223 e. The van der Waals surface area contributed by atoms with Crippen LogP contribution in [0.2, 0.25) is 0 Å². The van der Waals surface area contributed by atoms with Gasteiger partial charge in [0, 0.05) is 23.7 Å². The topological polar surface area (TPSA) is 105 Å². The molecule has 0 amide bonds. The lowest BCUT2D eigenvalue weighted by atomic mass is 9.94. The molecule has 0 radical (unpaired) electrons. The Morgan fingerprint density at radius 1 is 1.16 bits per heavy atom. The third-order valence-electron chi connectivity index (χ3n) is 5.77. The number of rotatable bonds is 7. The van der Waals surface area contributed by atoms with Gasteiger partial charge in [-0.1, -0.05) is 6.92 Å². The van der Waals surface area contributed by atoms with Crippen LogP contribution in [0, 0.1) is 17.2 Å². The lowest BCUT2D eigenvalue weighted by molar-refractivity contribution is -0.239. The van der Waals surface area contributed by atoms with Crippen molar-refractivity contribution in [2.75, 3.05) is 31.7 Å².